The van der Waals surface area contributed by atoms with Crippen molar-refractivity contribution in [3.63, 3.8) is 0 Å². The molecule has 92 valence electrons. The zero-order chi connectivity index (χ0) is 12.3. The number of rotatable bonds is 3. The van der Waals surface area contributed by atoms with Gasteiger partial charge in [-0.1, -0.05) is 0 Å². The SMILES string of the molecule is COc1ccc(C(N)=O)cc1N1CCNCC1. The highest BCUT2D eigenvalue weighted by Crippen LogP contribution is 2.29. The lowest BCUT2D eigenvalue weighted by Gasteiger charge is -2.30. The van der Waals surface area contributed by atoms with Crippen molar-refractivity contribution in [2.45, 2.75) is 0 Å². The van der Waals surface area contributed by atoms with Gasteiger partial charge in [-0.25, -0.2) is 0 Å². The van der Waals surface area contributed by atoms with Gasteiger partial charge in [0.2, 0.25) is 5.91 Å². The van der Waals surface area contributed by atoms with E-state index in [9.17, 15) is 4.79 Å². The summed E-state index contributed by atoms with van der Waals surface area (Å²) in [5.41, 5.74) is 6.74. The average Bonchev–Trinajstić information content (AvgIpc) is 2.39. The predicted molar refractivity (Wildman–Crippen MR) is 66.6 cm³/mol. The fraction of sp³-hybridized carbons (Fsp3) is 0.417. The Balaban J connectivity index is 2.34. The molecule has 3 N–H and O–H groups in total. The van der Waals surface area contributed by atoms with Crippen molar-refractivity contribution in [1.29, 1.82) is 0 Å². The molecule has 1 saturated heterocycles. The number of anilines is 1. The van der Waals surface area contributed by atoms with Crippen molar-refractivity contribution in [3.05, 3.63) is 23.8 Å². The first kappa shape index (κ1) is 11.7. The van der Waals surface area contributed by atoms with Gasteiger partial charge in [-0.2, -0.15) is 0 Å². The number of nitrogens with one attached hydrogen (secondary N) is 1. The Morgan fingerprint density at radius 3 is 2.71 bits per heavy atom. The highest BCUT2D eigenvalue weighted by atomic mass is 16.5. The lowest BCUT2D eigenvalue weighted by molar-refractivity contribution is 0.100. The molecule has 0 saturated carbocycles. The minimum atomic E-state index is -0.413. The monoisotopic (exact) mass is 235 g/mol. The van der Waals surface area contributed by atoms with Gasteiger partial charge in [0.15, 0.2) is 0 Å². The number of piperazine rings is 1. The number of amides is 1. The van der Waals surface area contributed by atoms with Gasteiger partial charge in [-0.3, -0.25) is 4.79 Å². The zero-order valence-electron chi connectivity index (χ0n) is 9.90. The Bertz CT molecular complexity index is 414. The molecule has 1 fully saturated rings. The number of primary amides is 1. The van der Waals surface area contributed by atoms with E-state index in [0.29, 0.717) is 5.56 Å². The van der Waals surface area contributed by atoms with Crippen LogP contribution < -0.4 is 20.7 Å². The Hall–Kier alpha value is -1.75. The van der Waals surface area contributed by atoms with E-state index in [-0.39, 0.29) is 0 Å². The first-order chi connectivity index (χ1) is 8.22. The minimum Gasteiger partial charge on any atom is -0.495 e. The zero-order valence-corrected chi connectivity index (χ0v) is 9.90. The highest BCUT2D eigenvalue weighted by Gasteiger charge is 2.16. The van der Waals surface area contributed by atoms with Crippen LogP contribution in [0, 0.1) is 0 Å². The molecule has 1 aliphatic heterocycles. The Morgan fingerprint density at radius 1 is 1.41 bits per heavy atom. The quantitative estimate of drug-likeness (QED) is 0.785. The highest BCUT2D eigenvalue weighted by molar-refractivity contribution is 5.94. The molecule has 0 aromatic heterocycles. The van der Waals surface area contributed by atoms with Gasteiger partial charge in [0.1, 0.15) is 5.75 Å². The maximum Gasteiger partial charge on any atom is 0.248 e. The maximum absolute atomic E-state index is 11.2. The summed E-state index contributed by atoms with van der Waals surface area (Å²) >= 11 is 0. The van der Waals surface area contributed by atoms with Crippen molar-refractivity contribution in [2.75, 3.05) is 38.2 Å². The molecule has 5 heteroatoms. The number of hydrogen-bond acceptors (Lipinski definition) is 4. The van der Waals surface area contributed by atoms with Gasteiger partial charge < -0.3 is 20.7 Å². The summed E-state index contributed by atoms with van der Waals surface area (Å²) in [5.74, 6) is 0.362. The summed E-state index contributed by atoms with van der Waals surface area (Å²) in [5, 5.41) is 3.29. The van der Waals surface area contributed by atoms with Crippen LogP contribution in [0.4, 0.5) is 5.69 Å². The molecule has 5 nitrogen and oxygen atoms in total. The molecule has 0 atom stereocenters. The molecule has 0 aliphatic carbocycles. The number of benzene rings is 1. The number of nitrogens with zero attached hydrogens (tertiary/aromatic N) is 1. The van der Waals surface area contributed by atoms with Gasteiger partial charge in [0.25, 0.3) is 0 Å². The summed E-state index contributed by atoms with van der Waals surface area (Å²) in [6, 6.07) is 5.27. The predicted octanol–water partition coefficient (Wildman–Crippen LogP) is 0.204. The number of nitrogens with two attached hydrogens (primary N) is 1. The molecule has 0 radical (unpaired) electrons. The lowest BCUT2D eigenvalue weighted by Crippen LogP contribution is -2.43. The van der Waals surface area contributed by atoms with E-state index in [1.807, 2.05) is 0 Å². The van der Waals surface area contributed by atoms with Crippen LogP contribution in [0.25, 0.3) is 0 Å². The third-order valence-corrected chi connectivity index (χ3v) is 2.92. The summed E-state index contributed by atoms with van der Waals surface area (Å²) in [6.45, 7) is 3.67. The van der Waals surface area contributed by atoms with Gasteiger partial charge in [0, 0.05) is 31.7 Å². The van der Waals surface area contributed by atoms with E-state index in [1.54, 1.807) is 25.3 Å². The van der Waals surface area contributed by atoms with E-state index in [1.165, 1.54) is 0 Å². The number of methoxy groups -OCH3 is 1. The molecule has 1 amide bonds. The number of ether oxygens (including phenoxy) is 1. The third-order valence-electron chi connectivity index (χ3n) is 2.92. The van der Waals surface area contributed by atoms with E-state index in [4.69, 9.17) is 10.5 Å². The van der Waals surface area contributed by atoms with Crippen LogP contribution in [-0.4, -0.2) is 39.2 Å². The summed E-state index contributed by atoms with van der Waals surface area (Å²) in [4.78, 5) is 13.4. The third kappa shape index (κ3) is 2.50. The first-order valence-electron chi connectivity index (χ1n) is 5.66. The lowest BCUT2D eigenvalue weighted by atomic mass is 10.1. The van der Waals surface area contributed by atoms with Gasteiger partial charge in [-0.05, 0) is 18.2 Å². The Morgan fingerprint density at radius 2 is 2.12 bits per heavy atom. The molecular weight excluding hydrogens is 218 g/mol. The standard InChI is InChI=1S/C12H17N3O2/c1-17-11-3-2-9(12(13)16)8-10(11)15-6-4-14-5-7-15/h2-3,8,14H,4-7H2,1H3,(H2,13,16). The van der Waals surface area contributed by atoms with Crippen LogP contribution >= 0.6 is 0 Å². The first-order valence-corrected chi connectivity index (χ1v) is 5.66. The van der Waals surface area contributed by atoms with Gasteiger partial charge in [0.05, 0.1) is 12.8 Å². The Kier molecular flexibility index (Phi) is 3.49. The van der Waals surface area contributed by atoms with Crippen molar-refractivity contribution in [3.8, 4) is 5.75 Å². The number of hydrogen-bond donors (Lipinski definition) is 2. The summed E-state index contributed by atoms with van der Waals surface area (Å²) < 4.78 is 5.32. The molecular formula is C12H17N3O2. The fourth-order valence-electron chi connectivity index (χ4n) is 2.00. The normalized spacial score (nSPS) is 15.7. The minimum absolute atomic E-state index is 0.413. The second-order valence-corrected chi connectivity index (χ2v) is 3.99. The molecule has 1 heterocycles. The van der Waals surface area contributed by atoms with Crippen molar-refractivity contribution in [2.24, 2.45) is 5.73 Å². The molecule has 2 rings (SSSR count). The number of carbonyl (C=O) groups is 1. The summed E-state index contributed by atoms with van der Waals surface area (Å²) in [7, 11) is 1.63. The topological polar surface area (TPSA) is 67.6 Å². The molecule has 0 spiro atoms. The van der Waals surface area contributed by atoms with E-state index in [2.05, 4.69) is 10.2 Å². The van der Waals surface area contributed by atoms with Crippen LogP contribution in [0.15, 0.2) is 18.2 Å². The van der Waals surface area contributed by atoms with Crippen molar-refractivity contribution >= 4 is 11.6 Å². The summed E-state index contributed by atoms with van der Waals surface area (Å²) in [6.07, 6.45) is 0. The van der Waals surface area contributed by atoms with Gasteiger partial charge >= 0.3 is 0 Å². The smallest absolute Gasteiger partial charge is 0.248 e. The van der Waals surface area contributed by atoms with E-state index >= 15 is 0 Å². The van der Waals surface area contributed by atoms with Crippen LogP contribution in [0.3, 0.4) is 0 Å². The fourth-order valence-corrected chi connectivity index (χ4v) is 2.00. The van der Waals surface area contributed by atoms with Crippen molar-refractivity contribution < 1.29 is 9.53 Å². The Labute approximate surface area is 101 Å². The van der Waals surface area contributed by atoms with Crippen LogP contribution in [-0.2, 0) is 0 Å². The molecule has 1 aromatic rings. The second-order valence-electron chi connectivity index (χ2n) is 3.99. The van der Waals surface area contributed by atoms with E-state index < -0.39 is 5.91 Å². The molecule has 17 heavy (non-hydrogen) atoms. The molecule has 1 aromatic carbocycles. The average molecular weight is 235 g/mol. The van der Waals surface area contributed by atoms with Crippen molar-refractivity contribution in [1.82, 2.24) is 5.32 Å². The van der Waals surface area contributed by atoms with E-state index in [0.717, 1.165) is 37.6 Å². The maximum atomic E-state index is 11.2. The molecule has 0 bridgehead atoms. The van der Waals surface area contributed by atoms with Gasteiger partial charge in [-0.15, -0.1) is 0 Å². The van der Waals surface area contributed by atoms with Crippen LogP contribution in [0.1, 0.15) is 10.4 Å². The van der Waals surface area contributed by atoms with Crippen LogP contribution in [0.5, 0.6) is 5.75 Å². The number of carbonyl (C=O) groups excluding carboxylic acids is 1. The molecule has 0 unspecified atom stereocenters. The van der Waals surface area contributed by atoms with Crippen LogP contribution in [0.2, 0.25) is 0 Å². The second kappa shape index (κ2) is 5.05. The largest absolute Gasteiger partial charge is 0.495 e. The molecule has 1 aliphatic rings.